The van der Waals surface area contributed by atoms with E-state index in [1.54, 1.807) is 23.1 Å². The van der Waals surface area contributed by atoms with Crippen LogP contribution in [0.3, 0.4) is 0 Å². The fraction of sp³-hybridized carbons (Fsp3) is 0.333. The quantitative estimate of drug-likeness (QED) is 0.634. The van der Waals surface area contributed by atoms with Gasteiger partial charge < -0.3 is 15.0 Å². The molecule has 2 amide bonds. The average molecular weight is 421 g/mol. The first-order valence-corrected chi connectivity index (χ1v) is 10.0. The monoisotopic (exact) mass is 420 g/mol. The minimum Gasteiger partial charge on any atom is -0.492 e. The first-order chi connectivity index (χ1) is 13.5. The number of ether oxygens (including phenoxy) is 1. The van der Waals surface area contributed by atoms with Crippen LogP contribution in [-0.4, -0.2) is 25.0 Å². The maximum absolute atomic E-state index is 12.0. The lowest BCUT2D eigenvalue weighted by Gasteiger charge is -2.16. The van der Waals surface area contributed by atoms with Crippen molar-refractivity contribution in [3.63, 3.8) is 0 Å². The number of carbonyl (C=O) groups is 2. The van der Waals surface area contributed by atoms with Gasteiger partial charge in [-0.2, -0.15) is 0 Å². The largest absolute Gasteiger partial charge is 0.492 e. The van der Waals surface area contributed by atoms with Crippen LogP contribution < -0.4 is 15.0 Å². The third-order valence-corrected chi connectivity index (χ3v) is 5.33. The van der Waals surface area contributed by atoms with E-state index in [0.29, 0.717) is 48.2 Å². The second-order valence-corrected chi connectivity index (χ2v) is 7.38. The highest BCUT2D eigenvalue weighted by Gasteiger charge is 2.21. The van der Waals surface area contributed by atoms with E-state index in [9.17, 15) is 9.59 Å². The van der Waals surface area contributed by atoms with E-state index in [-0.39, 0.29) is 11.8 Å². The van der Waals surface area contributed by atoms with E-state index >= 15 is 0 Å². The van der Waals surface area contributed by atoms with Crippen molar-refractivity contribution in [2.45, 2.75) is 32.2 Å². The summed E-state index contributed by atoms with van der Waals surface area (Å²) in [5, 5.41) is 3.72. The maximum atomic E-state index is 12.0. The molecule has 1 fully saturated rings. The number of benzene rings is 2. The van der Waals surface area contributed by atoms with Gasteiger partial charge in [0, 0.05) is 31.6 Å². The third kappa shape index (κ3) is 5.40. The normalized spacial score (nSPS) is 13.6. The fourth-order valence-electron chi connectivity index (χ4n) is 3.01. The Morgan fingerprint density at radius 3 is 2.64 bits per heavy atom. The van der Waals surface area contributed by atoms with E-state index in [4.69, 9.17) is 27.9 Å². The molecule has 1 aliphatic rings. The van der Waals surface area contributed by atoms with E-state index < -0.39 is 0 Å². The number of nitrogens with one attached hydrogen (secondary N) is 1. The van der Waals surface area contributed by atoms with Crippen LogP contribution in [0.4, 0.5) is 5.69 Å². The Balaban J connectivity index is 1.37. The second-order valence-electron chi connectivity index (χ2n) is 6.60. The van der Waals surface area contributed by atoms with Gasteiger partial charge in [-0.3, -0.25) is 9.59 Å². The van der Waals surface area contributed by atoms with Gasteiger partial charge in [0.25, 0.3) is 0 Å². The molecule has 0 aliphatic carbocycles. The molecular weight excluding hydrogens is 399 g/mol. The zero-order valence-electron chi connectivity index (χ0n) is 15.4. The molecule has 5 nitrogen and oxygen atoms in total. The molecule has 2 aromatic carbocycles. The van der Waals surface area contributed by atoms with Crippen LogP contribution in [0, 0.1) is 0 Å². The number of rotatable bonds is 8. The molecule has 0 atom stereocenters. The number of anilines is 1. The lowest BCUT2D eigenvalue weighted by atomic mass is 10.2. The van der Waals surface area contributed by atoms with Crippen molar-refractivity contribution in [1.82, 2.24) is 5.32 Å². The Labute approximate surface area is 174 Å². The summed E-state index contributed by atoms with van der Waals surface area (Å²) in [7, 11) is 0. The van der Waals surface area contributed by atoms with Crippen LogP contribution in [0.25, 0.3) is 0 Å². The number of hydrogen-bond acceptors (Lipinski definition) is 3. The number of nitrogens with zero attached hydrogens (tertiary/aromatic N) is 1. The minimum absolute atomic E-state index is 0.0420. The standard InChI is InChI=1S/C21H22Cl2N2O3/c22-17-4-1-5-18(21(17)23)28-13-3-6-19(26)24-14-15-8-10-16(11-9-15)25-12-2-7-20(25)27/h1,4-5,8-11H,2-3,6-7,12-14H2,(H,24,26). The number of hydrogen-bond donors (Lipinski definition) is 1. The summed E-state index contributed by atoms with van der Waals surface area (Å²) in [6, 6.07) is 12.9. The zero-order chi connectivity index (χ0) is 19.9. The van der Waals surface area contributed by atoms with Crippen LogP contribution in [0.15, 0.2) is 42.5 Å². The molecule has 0 unspecified atom stereocenters. The highest BCUT2D eigenvalue weighted by molar-refractivity contribution is 6.42. The Kier molecular flexibility index (Phi) is 7.18. The second kappa shape index (κ2) is 9.80. The summed E-state index contributed by atoms with van der Waals surface area (Å²) in [4.78, 5) is 25.6. The molecule has 0 spiro atoms. The van der Waals surface area contributed by atoms with Gasteiger partial charge >= 0.3 is 0 Å². The van der Waals surface area contributed by atoms with Gasteiger partial charge in [-0.25, -0.2) is 0 Å². The maximum Gasteiger partial charge on any atom is 0.227 e. The van der Waals surface area contributed by atoms with Crippen molar-refractivity contribution in [3.05, 3.63) is 58.1 Å². The van der Waals surface area contributed by atoms with Crippen LogP contribution >= 0.6 is 23.2 Å². The molecule has 1 aliphatic heterocycles. The summed E-state index contributed by atoms with van der Waals surface area (Å²) in [5.41, 5.74) is 1.90. The first-order valence-electron chi connectivity index (χ1n) is 9.27. The van der Waals surface area contributed by atoms with Crippen LogP contribution in [0.1, 0.15) is 31.2 Å². The number of carbonyl (C=O) groups excluding carboxylic acids is 2. The van der Waals surface area contributed by atoms with Crippen molar-refractivity contribution in [2.75, 3.05) is 18.1 Å². The summed E-state index contributed by atoms with van der Waals surface area (Å²) in [6.07, 6.45) is 2.46. The molecule has 0 aromatic heterocycles. The SMILES string of the molecule is O=C(CCCOc1cccc(Cl)c1Cl)NCc1ccc(N2CCCC2=O)cc1. The number of halogens is 2. The van der Waals surface area contributed by atoms with Crippen LogP contribution in [0.5, 0.6) is 5.75 Å². The predicted octanol–water partition coefficient (Wildman–Crippen LogP) is 4.60. The van der Waals surface area contributed by atoms with Crippen molar-refractivity contribution < 1.29 is 14.3 Å². The van der Waals surface area contributed by atoms with E-state index in [0.717, 1.165) is 24.2 Å². The Morgan fingerprint density at radius 2 is 1.93 bits per heavy atom. The van der Waals surface area contributed by atoms with Crippen molar-refractivity contribution in [1.29, 1.82) is 0 Å². The van der Waals surface area contributed by atoms with Crippen molar-refractivity contribution in [2.24, 2.45) is 0 Å². The highest BCUT2D eigenvalue weighted by Crippen LogP contribution is 2.31. The molecule has 2 aromatic rings. The summed E-state index contributed by atoms with van der Waals surface area (Å²) in [6.45, 7) is 1.61. The van der Waals surface area contributed by atoms with Gasteiger partial charge in [0.2, 0.25) is 11.8 Å². The molecular formula is C21H22Cl2N2O3. The Hall–Kier alpha value is -2.24. The minimum atomic E-state index is -0.0420. The highest BCUT2D eigenvalue weighted by atomic mass is 35.5. The zero-order valence-corrected chi connectivity index (χ0v) is 16.9. The van der Waals surface area contributed by atoms with Gasteiger partial charge in [0.15, 0.2) is 0 Å². The summed E-state index contributed by atoms with van der Waals surface area (Å²) < 4.78 is 5.57. The Bertz CT molecular complexity index is 840. The van der Waals surface area contributed by atoms with Crippen LogP contribution in [0.2, 0.25) is 10.0 Å². The van der Waals surface area contributed by atoms with Crippen molar-refractivity contribution in [3.8, 4) is 5.75 Å². The first kappa shape index (κ1) is 20.5. The number of amides is 2. The summed E-state index contributed by atoms with van der Waals surface area (Å²) in [5.74, 6) is 0.646. The average Bonchev–Trinajstić information content (AvgIpc) is 3.13. The third-order valence-electron chi connectivity index (χ3n) is 4.53. The van der Waals surface area contributed by atoms with Gasteiger partial charge in [-0.15, -0.1) is 0 Å². The predicted molar refractivity (Wildman–Crippen MR) is 111 cm³/mol. The topological polar surface area (TPSA) is 58.6 Å². The molecule has 3 rings (SSSR count). The molecule has 0 radical (unpaired) electrons. The van der Waals surface area contributed by atoms with Crippen LogP contribution in [-0.2, 0) is 16.1 Å². The molecule has 1 saturated heterocycles. The summed E-state index contributed by atoms with van der Waals surface area (Å²) >= 11 is 12.0. The van der Waals surface area contributed by atoms with E-state index in [1.807, 2.05) is 24.3 Å². The Morgan fingerprint density at radius 1 is 1.14 bits per heavy atom. The fourth-order valence-corrected chi connectivity index (χ4v) is 3.36. The van der Waals surface area contributed by atoms with Gasteiger partial charge in [-0.05, 0) is 42.7 Å². The molecule has 1 heterocycles. The molecule has 7 heteroatoms. The van der Waals surface area contributed by atoms with E-state index in [2.05, 4.69) is 5.32 Å². The van der Waals surface area contributed by atoms with E-state index in [1.165, 1.54) is 0 Å². The smallest absolute Gasteiger partial charge is 0.227 e. The molecule has 28 heavy (non-hydrogen) atoms. The van der Waals surface area contributed by atoms with Crippen molar-refractivity contribution >= 4 is 40.7 Å². The molecule has 1 N–H and O–H groups in total. The molecule has 148 valence electrons. The molecule has 0 bridgehead atoms. The van der Waals surface area contributed by atoms with Gasteiger partial charge in [-0.1, -0.05) is 41.4 Å². The lowest BCUT2D eigenvalue weighted by molar-refractivity contribution is -0.121. The van der Waals surface area contributed by atoms with Gasteiger partial charge in [0.1, 0.15) is 10.8 Å². The molecule has 0 saturated carbocycles. The lowest BCUT2D eigenvalue weighted by Crippen LogP contribution is -2.24. The van der Waals surface area contributed by atoms with Gasteiger partial charge in [0.05, 0.1) is 11.6 Å².